The molecule has 3 saturated heterocycles. The number of hydrogen-bond donors (Lipinski definition) is 5. The number of aromatic carboxylic acids is 3. The van der Waals surface area contributed by atoms with Crippen molar-refractivity contribution >= 4 is 95.0 Å². The zero-order valence-electron chi connectivity index (χ0n) is 55.4. The summed E-state index contributed by atoms with van der Waals surface area (Å²) in [5.41, 5.74) is 8.52. The van der Waals surface area contributed by atoms with Crippen LogP contribution in [0.1, 0.15) is 145 Å². The predicted molar refractivity (Wildman–Crippen MR) is 362 cm³/mol. The lowest BCUT2D eigenvalue weighted by molar-refractivity contribution is -0.198. The van der Waals surface area contributed by atoms with Gasteiger partial charge in [0.05, 0.1) is 22.3 Å². The molecule has 13 rings (SSSR count). The molecule has 1 unspecified atom stereocenters. The van der Waals surface area contributed by atoms with Crippen molar-refractivity contribution in [1.29, 1.82) is 0 Å². The number of carboxylic acid groups (broad SMARTS) is 3. The van der Waals surface area contributed by atoms with Crippen molar-refractivity contribution in [1.82, 2.24) is 30.7 Å². The van der Waals surface area contributed by atoms with E-state index in [4.69, 9.17) is 19.4 Å². The molecular formula is C76H62N6O21. The highest BCUT2D eigenvalue weighted by molar-refractivity contribution is 6.07. The first-order valence-electron chi connectivity index (χ1n) is 31.8. The topological polar surface area (TPSA) is 366 Å². The van der Waals surface area contributed by atoms with E-state index in [-0.39, 0.29) is 101 Å². The second kappa shape index (κ2) is 30.0. The SMILES string of the molecule is C=c1ccc2c(c1)Oc1cc(C)ccc1C=2c1ccc(C(=O)NCc2ccc(C(=O)O)cc2)cc1C(=O)O.Cc1ccc2c(c1)OC1=CC(N(C)C)C=CC1=C2c1ccc(C(=O)NCc2ccc(C(=O)ON3C(=O)CCC3=O)cc2)cc1C(=O)O.O=C(ON1C(=O)CCC1=O)ON1C(=O)CCC1=O. The number of nitrogens with zero attached hydrogens (tertiary/aromatic N) is 4. The number of allylic oxidation sites excluding steroid dienone is 1. The number of hydrogen-bond acceptors (Lipinski definition) is 19. The molecule has 0 spiro atoms. The van der Waals surface area contributed by atoms with Crippen LogP contribution >= 0.6 is 0 Å². The van der Waals surface area contributed by atoms with E-state index in [1.807, 2.05) is 106 Å². The van der Waals surface area contributed by atoms with E-state index in [0.717, 1.165) is 38.3 Å². The number of ether oxygens (including phenoxy) is 2. The van der Waals surface area contributed by atoms with Crippen molar-refractivity contribution in [3.63, 3.8) is 0 Å². The maximum absolute atomic E-state index is 13.2. The molecule has 0 saturated carbocycles. The van der Waals surface area contributed by atoms with E-state index in [1.54, 1.807) is 48.5 Å². The zero-order valence-corrected chi connectivity index (χ0v) is 55.4. The number of rotatable bonds is 16. The van der Waals surface area contributed by atoms with Crippen LogP contribution < -0.4 is 30.5 Å². The van der Waals surface area contributed by atoms with Crippen molar-refractivity contribution in [3.05, 3.63) is 257 Å². The summed E-state index contributed by atoms with van der Waals surface area (Å²) in [6, 6.07) is 38.5. The Hall–Kier alpha value is -13.4. The van der Waals surface area contributed by atoms with Gasteiger partial charge in [0.2, 0.25) is 0 Å². The second-order valence-electron chi connectivity index (χ2n) is 24.3. The molecule has 1 aliphatic carbocycles. The summed E-state index contributed by atoms with van der Waals surface area (Å²) in [7, 11) is 3.93. The van der Waals surface area contributed by atoms with Crippen LogP contribution in [0.25, 0.3) is 17.7 Å². The van der Waals surface area contributed by atoms with Gasteiger partial charge in [-0.2, -0.15) is 4.79 Å². The van der Waals surface area contributed by atoms with Gasteiger partial charge in [-0.05, 0) is 139 Å². The number of fused-ring (bicyclic) bond motifs is 4. The van der Waals surface area contributed by atoms with Gasteiger partial charge in [0.15, 0.2) is 0 Å². The Balaban J connectivity index is 0.000000169. The standard InChI is InChI=1S/C36H31N3O8.C31H23NO6.C9H8N2O7/c1-20-4-11-26-29(16-20)46-30-18-24(38(2)3)10-13-27(30)33(26)25-12-9-23(17-28(25)35(43)44)34(42)37-19-21-5-7-22(8-6-21)36(45)47-39-31(40)14-15-32(39)41;1-17-3-10-23-26(13-17)38-27-14-18(2)4-11-24(27)28(23)22-12-9-21(15-25(22)31(36)37)29(33)32-16-19-5-7-20(8-6-19)30(34)35;12-5-1-2-6(13)10(5)17-9(16)18-11-7(14)3-4-8(11)15/h4-13,16-18,24H,14-15,19H2,1-3H3,(H,37,42)(H,43,44);3-15H,1,16H2,2H3,(H,32,33)(H,34,35)(H,36,37);1-4H2. The van der Waals surface area contributed by atoms with Crippen LogP contribution in [0.4, 0.5) is 4.79 Å². The van der Waals surface area contributed by atoms with Crippen LogP contribution in [-0.4, -0.2) is 133 Å². The highest BCUT2D eigenvalue weighted by Gasteiger charge is 2.39. The van der Waals surface area contributed by atoms with E-state index >= 15 is 0 Å². The van der Waals surface area contributed by atoms with E-state index in [2.05, 4.69) is 26.9 Å². The highest BCUT2D eigenvalue weighted by atomic mass is 16.9. The van der Waals surface area contributed by atoms with Gasteiger partial charge >= 0.3 is 30.0 Å². The fourth-order valence-corrected chi connectivity index (χ4v) is 11.5. The Morgan fingerprint density at radius 2 is 0.913 bits per heavy atom. The third-order valence-electron chi connectivity index (χ3n) is 16.9. The molecule has 0 radical (unpaired) electrons. The van der Waals surface area contributed by atoms with E-state index in [0.29, 0.717) is 61.5 Å². The quantitative estimate of drug-likeness (QED) is 0.0576. The number of carboxylic acids is 3. The fraction of sp³-hybridized carbons (Fsp3) is 0.171. The maximum Gasteiger partial charge on any atom is 0.560 e. The lowest BCUT2D eigenvalue weighted by Gasteiger charge is -2.30. The summed E-state index contributed by atoms with van der Waals surface area (Å²) in [6.45, 7) is 8.13. The molecule has 5 heterocycles. The zero-order chi connectivity index (χ0) is 73.7. The van der Waals surface area contributed by atoms with Crippen molar-refractivity contribution in [2.45, 2.75) is 71.5 Å². The molecule has 522 valence electrons. The molecule has 3 fully saturated rings. The van der Waals surface area contributed by atoms with Crippen LogP contribution in [0.5, 0.6) is 17.2 Å². The van der Waals surface area contributed by atoms with Gasteiger partial charge in [-0.1, -0.05) is 102 Å². The van der Waals surface area contributed by atoms with Gasteiger partial charge in [-0.15, -0.1) is 5.06 Å². The average molecular weight is 1400 g/mol. The van der Waals surface area contributed by atoms with Gasteiger partial charge < -0.3 is 40.3 Å². The smallest absolute Gasteiger partial charge is 0.478 e. The van der Waals surface area contributed by atoms with Crippen LogP contribution in [-0.2, 0) is 56.4 Å². The van der Waals surface area contributed by atoms with Gasteiger partial charge in [-0.3, -0.25) is 52.9 Å². The number of imide groups is 3. The van der Waals surface area contributed by atoms with Crippen LogP contribution in [0, 0.1) is 13.8 Å². The lowest BCUT2D eigenvalue weighted by Crippen LogP contribution is -2.37. The maximum atomic E-state index is 13.2. The van der Waals surface area contributed by atoms with Crippen molar-refractivity contribution < 1.29 is 102 Å². The van der Waals surface area contributed by atoms with Crippen LogP contribution in [0.3, 0.4) is 0 Å². The minimum Gasteiger partial charge on any atom is -0.478 e. The molecule has 0 bridgehead atoms. The number of likely N-dealkylation sites (N-methyl/N-ethyl adjacent to an activating group) is 1. The number of aryl methyl sites for hydroxylation is 2. The summed E-state index contributed by atoms with van der Waals surface area (Å²) >= 11 is 0. The fourth-order valence-electron chi connectivity index (χ4n) is 11.5. The summed E-state index contributed by atoms with van der Waals surface area (Å²) in [6.07, 6.45) is 4.22. The molecule has 5 aliphatic heterocycles. The Bertz CT molecular complexity index is 4950. The number of benzene rings is 7. The number of amides is 8. The van der Waals surface area contributed by atoms with Crippen LogP contribution in [0.15, 0.2) is 169 Å². The van der Waals surface area contributed by atoms with Gasteiger partial charge in [0.1, 0.15) is 23.0 Å². The Kier molecular flexibility index (Phi) is 20.6. The van der Waals surface area contributed by atoms with Crippen molar-refractivity contribution in [3.8, 4) is 17.2 Å². The molecule has 5 N–H and O–H groups in total. The van der Waals surface area contributed by atoms with E-state index < -0.39 is 77.3 Å². The lowest BCUT2D eigenvalue weighted by atomic mass is 9.84. The molecule has 6 aliphatic rings. The second-order valence-corrected chi connectivity index (χ2v) is 24.3. The number of nitrogens with one attached hydrogen (secondary N) is 2. The Morgan fingerprint density at radius 3 is 1.38 bits per heavy atom. The Morgan fingerprint density at radius 1 is 0.485 bits per heavy atom. The summed E-state index contributed by atoms with van der Waals surface area (Å²) < 4.78 is 12.4. The van der Waals surface area contributed by atoms with Gasteiger partial charge in [-0.25, -0.2) is 19.2 Å². The minimum absolute atomic E-state index is 0.00248. The number of hydroxylamine groups is 6. The monoisotopic (exact) mass is 1390 g/mol. The number of carbonyl (C=O) groups is 13. The van der Waals surface area contributed by atoms with Crippen molar-refractivity contribution in [2.75, 3.05) is 14.1 Å². The average Bonchev–Trinajstić information content (AvgIpc) is 1.33. The van der Waals surface area contributed by atoms with E-state index in [1.165, 1.54) is 36.4 Å². The molecule has 27 heteroatoms. The first-order chi connectivity index (χ1) is 49.2. The van der Waals surface area contributed by atoms with E-state index in [9.17, 15) is 72.5 Å². The summed E-state index contributed by atoms with van der Waals surface area (Å²) in [5.74, 6) is -6.59. The summed E-state index contributed by atoms with van der Waals surface area (Å²) in [5, 5.41) is 37.5. The first-order valence-corrected chi connectivity index (χ1v) is 31.8. The largest absolute Gasteiger partial charge is 0.560 e. The highest BCUT2D eigenvalue weighted by Crippen LogP contribution is 2.45. The first kappa shape index (κ1) is 70.9. The minimum atomic E-state index is -1.48. The van der Waals surface area contributed by atoms with Gasteiger partial charge in [0.25, 0.3) is 47.3 Å². The molecule has 103 heavy (non-hydrogen) atoms. The summed E-state index contributed by atoms with van der Waals surface area (Å²) in [4.78, 5) is 169. The molecule has 7 aromatic carbocycles. The third kappa shape index (κ3) is 15.7. The molecular weight excluding hydrogens is 1330 g/mol. The molecule has 0 aromatic heterocycles. The van der Waals surface area contributed by atoms with Crippen molar-refractivity contribution in [2.24, 2.45) is 0 Å². The third-order valence-corrected chi connectivity index (χ3v) is 16.9. The van der Waals surface area contributed by atoms with Gasteiger partial charge in [0, 0.05) is 102 Å². The normalized spacial score (nSPS) is 15.4. The predicted octanol–water partition coefficient (Wildman–Crippen LogP) is 7.77. The number of carbonyl (C=O) groups excluding carboxylic acids is 10. The molecule has 1 atom stereocenters. The Labute approximate surface area is 585 Å². The molecule has 8 amide bonds. The molecule has 27 nitrogen and oxygen atoms in total. The molecule has 7 aromatic rings. The van der Waals surface area contributed by atoms with Crippen LogP contribution in [0.2, 0.25) is 0 Å².